The number of rotatable bonds is 5. The van der Waals surface area contributed by atoms with E-state index in [0.717, 1.165) is 38.5 Å². The van der Waals surface area contributed by atoms with Gasteiger partial charge in [-0.3, -0.25) is 9.48 Å². The van der Waals surface area contributed by atoms with Crippen LogP contribution in [0.25, 0.3) is 11.3 Å². The van der Waals surface area contributed by atoms with Crippen molar-refractivity contribution in [1.29, 1.82) is 0 Å². The molecule has 0 atom stereocenters. The van der Waals surface area contributed by atoms with E-state index in [-0.39, 0.29) is 5.91 Å². The molecule has 1 amide bonds. The van der Waals surface area contributed by atoms with Gasteiger partial charge in [-0.1, -0.05) is 28.1 Å². The molecule has 136 valence electrons. The van der Waals surface area contributed by atoms with Gasteiger partial charge in [0.1, 0.15) is 11.5 Å². The molecule has 0 saturated carbocycles. The summed E-state index contributed by atoms with van der Waals surface area (Å²) < 4.78 is 8.75. The van der Waals surface area contributed by atoms with Crippen LogP contribution in [0.15, 0.2) is 45.3 Å². The lowest BCUT2D eigenvalue weighted by Gasteiger charge is -2.16. The third kappa shape index (κ3) is 3.90. The molecule has 3 aromatic rings. The second-order valence-electron chi connectivity index (χ2n) is 6.47. The van der Waals surface area contributed by atoms with Crippen LogP contribution in [-0.4, -0.2) is 27.6 Å². The van der Waals surface area contributed by atoms with Gasteiger partial charge in [-0.2, -0.15) is 5.10 Å². The van der Waals surface area contributed by atoms with Gasteiger partial charge in [0, 0.05) is 35.4 Å². The molecule has 2 aromatic heterocycles. The van der Waals surface area contributed by atoms with Crippen molar-refractivity contribution in [3.05, 3.63) is 63.6 Å². The molecule has 0 fully saturated rings. The molecule has 0 aliphatic heterocycles. The van der Waals surface area contributed by atoms with E-state index < -0.39 is 0 Å². The van der Waals surface area contributed by atoms with Crippen LogP contribution in [0, 0.1) is 13.8 Å². The Morgan fingerprint density at radius 2 is 1.88 bits per heavy atom. The smallest absolute Gasteiger partial charge is 0.227 e. The largest absolute Gasteiger partial charge is 0.459 e. The van der Waals surface area contributed by atoms with Gasteiger partial charge in [0.05, 0.1) is 18.7 Å². The highest BCUT2D eigenvalue weighted by Crippen LogP contribution is 2.24. The number of carbonyl (C=O) groups is 1. The van der Waals surface area contributed by atoms with Crippen LogP contribution in [0.2, 0.25) is 0 Å². The van der Waals surface area contributed by atoms with E-state index in [1.165, 1.54) is 0 Å². The monoisotopic (exact) mass is 415 g/mol. The Bertz CT molecular complexity index is 925. The minimum atomic E-state index is 0.0470. The van der Waals surface area contributed by atoms with Crippen LogP contribution in [-0.2, 0) is 24.8 Å². The predicted octanol–water partition coefficient (Wildman–Crippen LogP) is 4.26. The van der Waals surface area contributed by atoms with Crippen LogP contribution < -0.4 is 0 Å². The van der Waals surface area contributed by atoms with Gasteiger partial charge < -0.3 is 9.32 Å². The van der Waals surface area contributed by atoms with Crippen LogP contribution in [0.1, 0.15) is 22.7 Å². The average Bonchev–Trinajstić information content (AvgIpc) is 3.15. The molecule has 0 aliphatic rings. The number of amides is 1. The molecule has 5 nitrogen and oxygen atoms in total. The van der Waals surface area contributed by atoms with Gasteiger partial charge in [-0.15, -0.1) is 0 Å². The average molecular weight is 416 g/mol. The Balaban J connectivity index is 1.67. The Hall–Kier alpha value is -2.34. The number of carbonyl (C=O) groups excluding carboxylic acids is 1. The minimum absolute atomic E-state index is 0.0470. The van der Waals surface area contributed by atoms with E-state index in [9.17, 15) is 4.79 Å². The van der Waals surface area contributed by atoms with Crippen LogP contribution in [0.3, 0.4) is 0 Å². The Kier molecular flexibility index (Phi) is 5.32. The molecule has 0 saturated heterocycles. The number of benzene rings is 1. The molecular weight excluding hydrogens is 394 g/mol. The number of aromatic nitrogens is 2. The predicted molar refractivity (Wildman–Crippen MR) is 105 cm³/mol. The maximum atomic E-state index is 12.6. The van der Waals surface area contributed by atoms with Gasteiger partial charge in [-0.25, -0.2) is 0 Å². The third-order valence-electron chi connectivity index (χ3n) is 4.60. The zero-order valence-corrected chi connectivity index (χ0v) is 17.0. The Morgan fingerprint density at radius 3 is 2.50 bits per heavy atom. The molecule has 0 aliphatic carbocycles. The molecule has 3 rings (SSSR count). The quantitative estimate of drug-likeness (QED) is 0.625. The van der Waals surface area contributed by atoms with E-state index in [0.29, 0.717) is 13.0 Å². The van der Waals surface area contributed by atoms with E-state index in [2.05, 4.69) is 21.0 Å². The molecule has 0 bridgehead atoms. The third-order valence-corrected chi connectivity index (χ3v) is 5.12. The van der Waals surface area contributed by atoms with E-state index in [1.54, 1.807) is 11.9 Å². The lowest BCUT2D eigenvalue weighted by atomic mass is 10.1. The number of hydrogen-bond acceptors (Lipinski definition) is 3. The topological polar surface area (TPSA) is 51.3 Å². The number of furan rings is 1. The van der Waals surface area contributed by atoms with Crippen molar-refractivity contribution in [1.82, 2.24) is 14.7 Å². The summed E-state index contributed by atoms with van der Waals surface area (Å²) in [6, 6.07) is 11.8. The minimum Gasteiger partial charge on any atom is -0.459 e. The normalized spacial score (nSPS) is 11.0. The van der Waals surface area contributed by atoms with Crippen molar-refractivity contribution in [3.63, 3.8) is 0 Å². The Morgan fingerprint density at radius 1 is 1.19 bits per heavy atom. The summed E-state index contributed by atoms with van der Waals surface area (Å²) in [5.74, 6) is 1.61. The zero-order valence-electron chi connectivity index (χ0n) is 15.4. The fourth-order valence-corrected chi connectivity index (χ4v) is 3.18. The highest BCUT2D eigenvalue weighted by Gasteiger charge is 2.17. The summed E-state index contributed by atoms with van der Waals surface area (Å²) in [5, 5.41) is 4.37. The van der Waals surface area contributed by atoms with Gasteiger partial charge >= 0.3 is 0 Å². The number of nitrogens with zero attached hydrogens (tertiary/aromatic N) is 3. The fraction of sp³-hybridized carbons (Fsp3) is 0.300. The van der Waals surface area contributed by atoms with E-state index in [4.69, 9.17) is 4.42 Å². The molecule has 26 heavy (non-hydrogen) atoms. The van der Waals surface area contributed by atoms with Gasteiger partial charge in [0.25, 0.3) is 0 Å². The summed E-state index contributed by atoms with van der Waals surface area (Å²) >= 11 is 3.43. The van der Waals surface area contributed by atoms with Crippen LogP contribution >= 0.6 is 15.9 Å². The summed E-state index contributed by atoms with van der Waals surface area (Å²) in [4.78, 5) is 14.3. The van der Waals surface area contributed by atoms with E-state index >= 15 is 0 Å². The van der Waals surface area contributed by atoms with Gasteiger partial charge in [0.15, 0.2) is 0 Å². The lowest BCUT2D eigenvalue weighted by Crippen LogP contribution is -2.27. The van der Waals surface area contributed by atoms with Crippen molar-refractivity contribution in [2.24, 2.45) is 7.05 Å². The summed E-state index contributed by atoms with van der Waals surface area (Å²) in [7, 11) is 3.69. The van der Waals surface area contributed by atoms with Crippen molar-refractivity contribution in [3.8, 4) is 11.3 Å². The summed E-state index contributed by atoms with van der Waals surface area (Å²) in [5.41, 5.74) is 3.94. The highest BCUT2D eigenvalue weighted by atomic mass is 79.9. The molecule has 2 heterocycles. The number of aryl methyl sites for hydroxylation is 2. The first kappa shape index (κ1) is 18.5. The summed E-state index contributed by atoms with van der Waals surface area (Å²) in [6.45, 7) is 4.36. The van der Waals surface area contributed by atoms with Crippen LogP contribution in [0.4, 0.5) is 0 Å². The van der Waals surface area contributed by atoms with E-state index in [1.807, 2.05) is 62.0 Å². The van der Waals surface area contributed by atoms with Gasteiger partial charge in [0.2, 0.25) is 5.91 Å². The SMILES string of the molecule is Cc1nn(C)c(C)c1CC(=O)N(C)Cc1ccc(-c2ccc(Br)cc2)o1. The maximum Gasteiger partial charge on any atom is 0.227 e. The number of halogens is 1. The molecule has 0 N–H and O–H groups in total. The lowest BCUT2D eigenvalue weighted by molar-refractivity contribution is -0.129. The number of likely N-dealkylation sites (N-methyl/N-ethyl adjacent to an activating group) is 1. The van der Waals surface area contributed by atoms with Crippen LogP contribution in [0.5, 0.6) is 0 Å². The van der Waals surface area contributed by atoms with Crippen molar-refractivity contribution >= 4 is 21.8 Å². The second-order valence-corrected chi connectivity index (χ2v) is 7.39. The van der Waals surface area contributed by atoms with Gasteiger partial charge in [-0.05, 0) is 38.1 Å². The first-order valence-corrected chi connectivity index (χ1v) is 9.22. The standard InChI is InChI=1S/C20H22BrN3O2/c1-13-18(14(2)24(4)22-13)11-20(25)23(3)12-17-9-10-19(26-17)15-5-7-16(21)8-6-15/h5-10H,11-12H2,1-4H3. The molecule has 0 radical (unpaired) electrons. The molecule has 1 aromatic carbocycles. The first-order chi connectivity index (χ1) is 12.3. The number of hydrogen-bond donors (Lipinski definition) is 0. The molecular formula is C20H22BrN3O2. The van der Waals surface area contributed by atoms with Crippen molar-refractivity contribution < 1.29 is 9.21 Å². The molecule has 6 heteroatoms. The molecule has 0 spiro atoms. The Labute approximate surface area is 161 Å². The van der Waals surface area contributed by atoms with Crippen molar-refractivity contribution in [2.75, 3.05) is 7.05 Å². The second kappa shape index (κ2) is 7.50. The maximum absolute atomic E-state index is 12.6. The highest BCUT2D eigenvalue weighted by molar-refractivity contribution is 9.10. The first-order valence-electron chi connectivity index (χ1n) is 8.43. The summed E-state index contributed by atoms with van der Waals surface area (Å²) in [6.07, 6.45) is 0.349. The fourth-order valence-electron chi connectivity index (χ4n) is 2.91. The van der Waals surface area contributed by atoms with Crippen molar-refractivity contribution in [2.45, 2.75) is 26.8 Å². The molecule has 0 unspecified atom stereocenters. The zero-order chi connectivity index (χ0) is 18.8.